The maximum absolute atomic E-state index is 11.4. The maximum atomic E-state index is 11.4. The Balaban J connectivity index is 1.87. The van der Waals surface area contributed by atoms with Crippen LogP contribution in [-0.2, 0) is 10.0 Å². The lowest BCUT2D eigenvalue weighted by Gasteiger charge is -2.08. The van der Waals surface area contributed by atoms with Gasteiger partial charge in [0, 0.05) is 17.4 Å². The predicted octanol–water partition coefficient (Wildman–Crippen LogP) is 2.54. The molecule has 25 heavy (non-hydrogen) atoms. The average Bonchev–Trinajstić information content (AvgIpc) is 2.61. The fraction of sp³-hybridized carbons (Fsp3) is 0.0588. The molecule has 0 aliphatic heterocycles. The van der Waals surface area contributed by atoms with Crippen LogP contribution < -0.4 is 15.2 Å². The quantitative estimate of drug-likeness (QED) is 0.727. The first kappa shape index (κ1) is 16.9. The first-order valence-electron chi connectivity index (χ1n) is 7.33. The number of primary sulfonamides is 1. The van der Waals surface area contributed by atoms with Gasteiger partial charge in [0.05, 0.1) is 17.7 Å². The number of aromatic nitrogens is 2. The summed E-state index contributed by atoms with van der Waals surface area (Å²) in [7, 11) is -2.16. The van der Waals surface area contributed by atoms with Crippen molar-refractivity contribution in [2.75, 3.05) is 12.4 Å². The summed E-state index contributed by atoms with van der Waals surface area (Å²) in [6, 6.07) is 15.4. The van der Waals surface area contributed by atoms with Crippen molar-refractivity contribution in [2.24, 2.45) is 5.14 Å². The molecule has 0 radical (unpaired) electrons. The van der Waals surface area contributed by atoms with E-state index in [4.69, 9.17) is 9.88 Å². The summed E-state index contributed by atoms with van der Waals surface area (Å²) in [6.45, 7) is 0. The van der Waals surface area contributed by atoms with Crippen molar-refractivity contribution < 1.29 is 13.2 Å². The third-order valence-corrected chi connectivity index (χ3v) is 4.37. The lowest BCUT2D eigenvalue weighted by Crippen LogP contribution is -2.12. The summed E-state index contributed by atoms with van der Waals surface area (Å²) in [5.74, 6) is 1.11. The van der Waals surface area contributed by atoms with Crippen molar-refractivity contribution in [3.8, 4) is 17.0 Å². The third-order valence-electron chi connectivity index (χ3n) is 3.46. The van der Waals surface area contributed by atoms with Crippen molar-refractivity contribution in [3.05, 3.63) is 60.8 Å². The molecule has 0 aliphatic carbocycles. The number of sulfonamides is 1. The van der Waals surface area contributed by atoms with Gasteiger partial charge in [-0.05, 0) is 48.5 Å². The summed E-state index contributed by atoms with van der Waals surface area (Å²) < 4.78 is 28.0. The largest absolute Gasteiger partial charge is 0.497 e. The Morgan fingerprint density at radius 3 is 2.52 bits per heavy atom. The van der Waals surface area contributed by atoms with Crippen LogP contribution in [0.1, 0.15) is 0 Å². The van der Waals surface area contributed by atoms with Gasteiger partial charge in [0.1, 0.15) is 5.75 Å². The second-order valence-electron chi connectivity index (χ2n) is 5.19. The second-order valence-corrected chi connectivity index (χ2v) is 6.75. The van der Waals surface area contributed by atoms with E-state index in [0.717, 1.165) is 17.0 Å². The minimum Gasteiger partial charge on any atom is -0.497 e. The van der Waals surface area contributed by atoms with Crippen molar-refractivity contribution >= 4 is 21.7 Å². The number of benzene rings is 2. The number of nitrogens with two attached hydrogens (primary N) is 1. The Hall–Kier alpha value is -2.97. The van der Waals surface area contributed by atoms with Gasteiger partial charge in [0.25, 0.3) is 0 Å². The van der Waals surface area contributed by atoms with Crippen LogP contribution in [0.4, 0.5) is 11.6 Å². The normalized spacial score (nSPS) is 11.1. The number of nitrogens with zero attached hydrogens (tertiary/aromatic N) is 2. The summed E-state index contributed by atoms with van der Waals surface area (Å²) in [4.78, 5) is 8.62. The van der Waals surface area contributed by atoms with E-state index in [0.29, 0.717) is 11.6 Å². The molecule has 1 heterocycles. The van der Waals surface area contributed by atoms with E-state index in [1.165, 1.54) is 12.1 Å². The van der Waals surface area contributed by atoms with Crippen LogP contribution >= 0.6 is 0 Å². The van der Waals surface area contributed by atoms with Crippen molar-refractivity contribution in [3.63, 3.8) is 0 Å². The van der Waals surface area contributed by atoms with E-state index >= 15 is 0 Å². The van der Waals surface area contributed by atoms with Crippen molar-refractivity contribution in [2.45, 2.75) is 4.90 Å². The van der Waals surface area contributed by atoms with Crippen LogP contribution in [0.2, 0.25) is 0 Å². The molecular weight excluding hydrogens is 340 g/mol. The lowest BCUT2D eigenvalue weighted by atomic mass is 10.1. The van der Waals surface area contributed by atoms with E-state index in [1.807, 2.05) is 24.3 Å². The summed E-state index contributed by atoms with van der Waals surface area (Å²) in [5, 5.41) is 8.13. The van der Waals surface area contributed by atoms with Gasteiger partial charge in [-0.25, -0.2) is 23.5 Å². The van der Waals surface area contributed by atoms with Gasteiger partial charge in [-0.2, -0.15) is 0 Å². The Morgan fingerprint density at radius 1 is 1.08 bits per heavy atom. The molecule has 0 aliphatic rings. The molecule has 2 aromatic carbocycles. The zero-order valence-electron chi connectivity index (χ0n) is 13.4. The fourth-order valence-electron chi connectivity index (χ4n) is 2.22. The minimum atomic E-state index is -3.77. The average molecular weight is 356 g/mol. The highest BCUT2D eigenvalue weighted by molar-refractivity contribution is 7.89. The zero-order valence-corrected chi connectivity index (χ0v) is 14.2. The first-order valence-corrected chi connectivity index (χ1v) is 8.88. The zero-order chi connectivity index (χ0) is 17.9. The molecule has 0 amide bonds. The number of rotatable bonds is 5. The van der Waals surface area contributed by atoms with Crippen LogP contribution in [0.25, 0.3) is 11.3 Å². The highest BCUT2D eigenvalue weighted by Crippen LogP contribution is 2.22. The van der Waals surface area contributed by atoms with Gasteiger partial charge in [-0.3, -0.25) is 0 Å². The molecule has 3 aromatic rings. The molecular formula is C17H16N4O3S. The van der Waals surface area contributed by atoms with Gasteiger partial charge >= 0.3 is 0 Å². The standard InChI is InChI=1S/C17H16N4O3S/c1-24-14-7-5-12(6-8-14)16-9-10-19-17(21-16)20-13-3-2-4-15(11-13)25(18,22)23/h2-11H,1H3,(H2,18,22,23)(H,19,20,21). The molecule has 3 N–H and O–H groups in total. The number of nitrogens with one attached hydrogen (secondary N) is 1. The van der Waals surface area contributed by atoms with Gasteiger partial charge in [0.15, 0.2) is 0 Å². The molecule has 0 fully saturated rings. The van der Waals surface area contributed by atoms with E-state index in [9.17, 15) is 8.42 Å². The number of hydrogen-bond acceptors (Lipinski definition) is 6. The first-order chi connectivity index (χ1) is 12.0. The Labute approximate surface area is 145 Å². The van der Waals surface area contributed by atoms with Crippen LogP contribution in [0, 0.1) is 0 Å². The van der Waals surface area contributed by atoms with Crippen LogP contribution in [0.15, 0.2) is 65.7 Å². The monoisotopic (exact) mass is 356 g/mol. The fourth-order valence-corrected chi connectivity index (χ4v) is 2.78. The van der Waals surface area contributed by atoms with Gasteiger partial charge in [-0.1, -0.05) is 6.07 Å². The molecule has 0 saturated heterocycles. The van der Waals surface area contributed by atoms with Crippen LogP contribution in [-0.4, -0.2) is 25.5 Å². The molecule has 128 valence electrons. The smallest absolute Gasteiger partial charge is 0.238 e. The number of anilines is 2. The van der Waals surface area contributed by atoms with Crippen molar-refractivity contribution in [1.82, 2.24) is 9.97 Å². The highest BCUT2D eigenvalue weighted by atomic mass is 32.2. The van der Waals surface area contributed by atoms with Gasteiger partial charge in [-0.15, -0.1) is 0 Å². The van der Waals surface area contributed by atoms with E-state index < -0.39 is 10.0 Å². The third kappa shape index (κ3) is 4.11. The van der Waals surface area contributed by atoms with Gasteiger partial charge < -0.3 is 10.1 Å². The molecule has 7 nitrogen and oxygen atoms in total. The number of methoxy groups -OCH3 is 1. The van der Waals surface area contributed by atoms with Crippen LogP contribution in [0.5, 0.6) is 5.75 Å². The maximum Gasteiger partial charge on any atom is 0.238 e. The molecule has 8 heteroatoms. The predicted molar refractivity (Wildman–Crippen MR) is 95.1 cm³/mol. The number of ether oxygens (including phenoxy) is 1. The topological polar surface area (TPSA) is 107 Å². The second kappa shape index (κ2) is 6.88. The van der Waals surface area contributed by atoms with E-state index in [2.05, 4.69) is 15.3 Å². The minimum absolute atomic E-state index is 0.0174. The molecule has 0 spiro atoms. The highest BCUT2D eigenvalue weighted by Gasteiger charge is 2.09. The summed E-state index contributed by atoms with van der Waals surface area (Å²) >= 11 is 0. The van der Waals surface area contributed by atoms with E-state index in [-0.39, 0.29) is 4.90 Å². The van der Waals surface area contributed by atoms with Crippen molar-refractivity contribution in [1.29, 1.82) is 0 Å². The Kier molecular flexibility index (Phi) is 4.64. The summed E-state index contributed by atoms with van der Waals surface area (Å²) in [6.07, 6.45) is 1.62. The van der Waals surface area contributed by atoms with Crippen LogP contribution in [0.3, 0.4) is 0 Å². The molecule has 0 bridgehead atoms. The number of hydrogen-bond donors (Lipinski definition) is 2. The Bertz CT molecular complexity index is 989. The Morgan fingerprint density at radius 2 is 1.84 bits per heavy atom. The molecule has 0 atom stereocenters. The summed E-state index contributed by atoms with van der Waals surface area (Å²) in [5.41, 5.74) is 2.16. The molecule has 1 aromatic heterocycles. The van der Waals surface area contributed by atoms with E-state index in [1.54, 1.807) is 31.5 Å². The SMILES string of the molecule is COc1ccc(-c2ccnc(Nc3cccc(S(N)(=O)=O)c3)n2)cc1. The molecule has 0 unspecified atom stereocenters. The van der Waals surface area contributed by atoms with Gasteiger partial charge in [0.2, 0.25) is 16.0 Å². The lowest BCUT2D eigenvalue weighted by molar-refractivity contribution is 0.415. The molecule has 0 saturated carbocycles. The molecule has 3 rings (SSSR count).